The van der Waals surface area contributed by atoms with Crippen molar-refractivity contribution in [2.24, 2.45) is 0 Å². The summed E-state index contributed by atoms with van der Waals surface area (Å²) in [6.07, 6.45) is 19.0. The van der Waals surface area contributed by atoms with Crippen molar-refractivity contribution < 1.29 is 10.2 Å². The van der Waals surface area contributed by atoms with Crippen LogP contribution >= 0.6 is 0 Å². The normalized spacial score (nSPS) is 11.4. The zero-order valence-corrected chi connectivity index (χ0v) is 14.4. The highest BCUT2D eigenvalue weighted by atomic mass is 16.3. The third-order valence-electron chi connectivity index (χ3n) is 4.23. The van der Waals surface area contributed by atoms with Crippen molar-refractivity contribution in [1.29, 1.82) is 0 Å². The molecule has 0 aromatic carbocycles. The molecule has 0 aliphatic rings. The second-order valence-electron chi connectivity index (χ2n) is 6.27. The van der Waals surface area contributed by atoms with Gasteiger partial charge < -0.3 is 10.2 Å². The van der Waals surface area contributed by atoms with Crippen LogP contribution in [0, 0.1) is 0 Å². The van der Waals surface area contributed by atoms with Crippen molar-refractivity contribution in [3.8, 4) is 0 Å². The van der Waals surface area contributed by atoms with E-state index >= 15 is 0 Å². The van der Waals surface area contributed by atoms with Crippen LogP contribution in [0.5, 0.6) is 0 Å². The van der Waals surface area contributed by atoms with Crippen LogP contribution < -0.4 is 0 Å². The third kappa shape index (κ3) is 16.1. The quantitative estimate of drug-likeness (QED) is 0.303. The van der Waals surface area contributed by atoms with Crippen LogP contribution in [0.15, 0.2) is 0 Å². The minimum Gasteiger partial charge on any atom is -0.381 e. The van der Waals surface area contributed by atoms with Gasteiger partial charge in [-0.3, -0.25) is 4.90 Å². The van der Waals surface area contributed by atoms with Crippen LogP contribution in [0.25, 0.3) is 0 Å². The smallest absolute Gasteiger partial charge is 0.0974 e. The van der Waals surface area contributed by atoms with E-state index in [1.54, 1.807) is 4.90 Å². The van der Waals surface area contributed by atoms with Gasteiger partial charge in [0.05, 0.1) is 13.5 Å². The van der Waals surface area contributed by atoms with Crippen molar-refractivity contribution in [3.63, 3.8) is 0 Å². The van der Waals surface area contributed by atoms with Crippen molar-refractivity contribution in [2.45, 2.75) is 96.8 Å². The van der Waals surface area contributed by atoms with Crippen LogP contribution in [-0.4, -0.2) is 35.1 Å². The van der Waals surface area contributed by atoms with Gasteiger partial charge in [-0.2, -0.15) is 0 Å². The van der Waals surface area contributed by atoms with Crippen molar-refractivity contribution in [2.75, 3.05) is 20.0 Å². The second-order valence-corrected chi connectivity index (χ2v) is 6.27. The standard InChI is InChI=1S/C18H39NO2/c1-2-3-4-5-6-7-8-9-10-11-12-13-14-15-16-19(17-20)18-21/h20-21H,2-18H2,1H3. The molecule has 2 N–H and O–H groups in total. The third-order valence-corrected chi connectivity index (χ3v) is 4.23. The van der Waals surface area contributed by atoms with E-state index in [9.17, 15) is 0 Å². The second kappa shape index (κ2) is 17.9. The van der Waals surface area contributed by atoms with E-state index in [0.29, 0.717) is 0 Å². The topological polar surface area (TPSA) is 43.7 Å². The highest BCUT2D eigenvalue weighted by Gasteiger charge is 1.99. The molecule has 0 rings (SSSR count). The van der Waals surface area contributed by atoms with Gasteiger partial charge in [-0.15, -0.1) is 0 Å². The summed E-state index contributed by atoms with van der Waals surface area (Å²) < 4.78 is 0. The van der Waals surface area contributed by atoms with Crippen molar-refractivity contribution in [3.05, 3.63) is 0 Å². The molecule has 0 aromatic rings. The minimum absolute atomic E-state index is 0.0328. The van der Waals surface area contributed by atoms with E-state index < -0.39 is 0 Å². The molecule has 0 saturated heterocycles. The van der Waals surface area contributed by atoms with E-state index in [1.165, 1.54) is 83.5 Å². The first kappa shape index (κ1) is 20.9. The maximum Gasteiger partial charge on any atom is 0.0974 e. The highest BCUT2D eigenvalue weighted by molar-refractivity contribution is 4.51. The SMILES string of the molecule is CCCCCCCCCCCCCCCCN(CO)CO. The Morgan fingerprint density at radius 2 is 0.857 bits per heavy atom. The predicted molar refractivity (Wildman–Crippen MR) is 91.2 cm³/mol. The molecule has 0 aliphatic carbocycles. The molecular formula is C18H39NO2. The molecule has 0 aromatic heterocycles. The Morgan fingerprint density at radius 1 is 0.524 bits per heavy atom. The highest BCUT2D eigenvalue weighted by Crippen LogP contribution is 2.12. The number of aliphatic hydroxyl groups is 2. The molecule has 0 saturated carbocycles. The van der Waals surface area contributed by atoms with Gasteiger partial charge in [0.25, 0.3) is 0 Å². The zero-order valence-electron chi connectivity index (χ0n) is 14.4. The van der Waals surface area contributed by atoms with E-state index in [1.807, 2.05) is 0 Å². The minimum atomic E-state index is -0.0328. The van der Waals surface area contributed by atoms with E-state index in [-0.39, 0.29) is 13.5 Å². The van der Waals surface area contributed by atoms with Gasteiger partial charge in [0.2, 0.25) is 0 Å². The Balaban J connectivity index is 3.02. The van der Waals surface area contributed by atoms with Crippen LogP contribution in [-0.2, 0) is 0 Å². The Kier molecular flexibility index (Phi) is 17.8. The number of hydrogen-bond acceptors (Lipinski definition) is 3. The molecule has 0 aliphatic heterocycles. The monoisotopic (exact) mass is 301 g/mol. The first-order valence-corrected chi connectivity index (χ1v) is 9.29. The van der Waals surface area contributed by atoms with Gasteiger partial charge >= 0.3 is 0 Å². The van der Waals surface area contributed by atoms with Crippen LogP contribution in [0.1, 0.15) is 96.8 Å². The lowest BCUT2D eigenvalue weighted by Gasteiger charge is -2.15. The van der Waals surface area contributed by atoms with E-state index in [0.717, 1.165) is 13.0 Å². The van der Waals surface area contributed by atoms with Crippen LogP contribution in [0.4, 0.5) is 0 Å². The summed E-state index contributed by atoms with van der Waals surface area (Å²) in [5, 5.41) is 17.8. The first-order valence-electron chi connectivity index (χ1n) is 9.29. The van der Waals surface area contributed by atoms with Gasteiger partial charge in [-0.05, 0) is 6.42 Å². The molecule has 0 radical (unpaired) electrons. The maximum absolute atomic E-state index is 8.90. The summed E-state index contributed by atoms with van der Waals surface area (Å²) >= 11 is 0. The van der Waals surface area contributed by atoms with Crippen molar-refractivity contribution >= 4 is 0 Å². The number of aliphatic hydroxyl groups excluding tert-OH is 2. The molecule has 0 bridgehead atoms. The van der Waals surface area contributed by atoms with Gasteiger partial charge in [0.15, 0.2) is 0 Å². The summed E-state index contributed by atoms with van der Waals surface area (Å²) in [5.41, 5.74) is 0. The van der Waals surface area contributed by atoms with Crippen LogP contribution in [0.2, 0.25) is 0 Å². The Labute approximate surface area is 132 Å². The molecule has 0 amide bonds. The molecule has 0 fully saturated rings. The van der Waals surface area contributed by atoms with Crippen LogP contribution in [0.3, 0.4) is 0 Å². The lowest BCUT2D eigenvalue weighted by Crippen LogP contribution is -2.26. The maximum atomic E-state index is 8.90. The first-order chi connectivity index (χ1) is 10.3. The van der Waals surface area contributed by atoms with Crippen molar-refractivity contribution in [1.82, 2.24) is 4.90 Å². The summed E-state index contributed by atoms with van der Waals surface area (Å²) in [4.78, 5) is 1.65. The molecule has 21 heavy (non-hydrogen) atoms. The summed E-state index contributed by atoms with van der Waals surface area (Å²) in [7, 11) is 0. The van der Waals surface area contributed by atoms with E-state index in [4.69, 9.17) is 10.2 Å². The zero-order chi connectivity index (χ0) is 15.6. The summed E-state index contributed by atoms with van der Waals surface area (Å²) in [6.45, 7) is 3.02. The lowest BCUT2D eigenvalue weighted by atomic mass is 10.0. The molecule has 0 spiro atoms. The van der Waals surface area contributed by atoms with Gasteiger partial charge in [-0.1, -0.05) is 90.4 Å². The molecule has 128 valence electrons. The van der Waals surface area contributed by atoms with Gasteiger partial charge in [0.1, 0.15) is 0 Å². The Hall–Kier alpha value is -0.120. The number of hydrogen-bond donors (Lipinski definition) is 2. The largest absolute Gasteiger partial charge is 0.381 e. The lowest BCUT2D eigenvalue weighted by molar-refractivity contribution is 0.0284. The fraction of sp³-hybridized carbons (Fsp3) is 1.00. The predicted octanol–water partition coefficient (Wildman–Crippen LogP) is 4.67. The average Bonchev–Trinajstić information content (AvgIpc) is 2.51. The fourth-order valence-electron chi connectivity index (χ4n) is 2.72. The van der Waals surface area contributed by atoms with Gasteiger partial charge in [0, 0.05) is 6.54 Å². The summed E-state index contributed by atoms with van der Waals surface area (Å²) in [5.74, 6) is 0. The Bertz CT molecular complexity index is 184. The number of unbranched alkanes of at least 4 members (excludes halogenated alkanes) is 13. The molecular weight excluding hydrogens is 262 g/mol. The van der Waals surface area contributed by atoms with Gasteiger partial charge in [-0.25, -0.2) is 0 Å². The Morgan fingerprint density at radius 3 is 1.19 bits per heavy atom. The fourth-order valence-corrected chi connectivity index (χ4v) is 2.72. The molecule has 3 heteroatoms. The van der Waals surface area contributed by atoms with E-state index in [2.05, 4.69) is 6.92 Å². The molecule has 3 nitrogen and oxygen atoms in total. The summed E-state index contributed by atoms with van der Waals surface area (Å²) in [6, 6.07) is 0. The molecule has 0 unspecified atom stereocenters. The number of nitrogens with zero attached hydrogens (tertiary/aromatic N) is 1. The molecule has 0 atom stereocenters. The molecule has 0 heterocycles. The number of rotatable bonds is 17. The average molecular weight is 302 g/mol.